The van der Waals surface area contributed by atoms with Crippen LogP contribution in [0.25, 0.3) is 10.9 Å². The number of nitrogens with zero attached hydrogens (tertiary/aromatic N) is 2. The summed E-state index contributed by atoms with van der Waals surface area (Å²) >= 11 is 0. The summed E-state index contributed by atoms with van der Waals surface area (Å²) in [5.41, 5.74) is 0.618. The molecule has 0 aliphatic heterocycles. The predicted octanol–water partition coefficient (Wildman–Crippen LogP) is 1.57. The molecule has 0 spiro atoms. The summed E-state index contributed by atoms with van der Waals surface area (Å²) in [6.07, 6.45) is 4.11. The van der Waals surface area contributed by atoms with E-state index < -0.39 is 0 Å². The first-order valence-electron chi connectivity index (χ1n) is 6.40. The van der Waals surface area contributed by atoms with E-state index in [1.807, 2.05) is 0 Å². The van der Waals surface area contributed by atoms with Gasteiger partial charge in [-0.2, -0.15) is 0 Å². The quantitative estimate of drug-likeness (QED) is 0.802. The Bertz CT molecular complexity index is 607. The summed E-state index contributed by atoms with van der Waals surface area (Å²) < 4.78 is 6.73. The Morgan fingerprint density at radius 2 is 2.16 bits per heavy atom. The Morgan fingerprint density at radius 3 is 2.89 bits per heavy atom. The first kappa shape index (κ1) is 13.5. The van der Waals surface area contributed by atoms with Crippen LogP contribution < -0.4 is 10.3 Å². The summed E-state index contributed by atoms with van der Waals surface area (Å²) in [6, 6.07) is 5.27. The maximum atomic E-state index is 12.2. The molecule has 0 saturated heterocycles. The van der Waals surface area contributed by atoms with Crippen molar-refractivity contribution in [2.45, 2.75) is 25.8 Å². The van der Waals surface area contributed by atoms with E-state index in [4.69, 9.17) is 9.84 Å². The second-order valence-corrected chi connectivity index (χ2v) is 4.41. The number of aliphatic hydroxyl groups is 1. The molecular formula is C14H18N2O3. The average molecular weight is 262 g/mol. The number of rotatable bonds is 6. The van der Waals surface area contributed by atoms with Crippen molar-refractivity contribution in [1.29, 1.82) is 0 Å². The van der Waals surface area contributed by atoms with E-state index in [-0.39, 0.29) is 12.2 Å². The van der Waals surface area contributed by atoms with Crippen LogP contribution in [0.3, 0.4) is 0 Å². The fraction of sp³-hybridized carbons (Fsp3) is 0.429. The number of methoxy groups -OCH3 is 1. The molecule has 2 aromatic rings. The number of fused-ring (bicyclic) bond motifs is 1. The summed E-state index contributed by atoms with van der Waals surface area (Å²) in [5.74, 6) is 0.695. The second kappa shape index (κ2) is 6.33. The van der Waals surface area contributed by atoms with Crippen molar-refractivity contribution >= 4 is 10.9 Å². The smallest absolute Gasteiger partial charge is 0.261 e. The normalized spacial score (nSPS) is 10.8. The highest BCUT2D eigenvalue weighted by molar-refractivity contribution is 5.78. The van der Waals surface area contributed by atoms with Gasteiger partial charge in [0.25, 0.3) is 5.56 Å². The Balaban J connectivity index is 2.23. The third kappa shape index (κ3) is 3.12. The minimum Gasteiger partial charge on any atom is -0.497 e. The van der Waals surface area contributed by atoms with Gasteiger partial charge in [0.1, 0.15) is 5.75 Å². The van der Waals surface area contributed by atoms with Crippen molar-refractivity contribution < 1.29 is 9.84 Å². The van der Waals surface area contributed by atoms with Crippen LogP contribution in [0.5, 0.6) is 5.75 Å². The number of unbranched alkanes of at least 4 members (excludes halogenated alkanes) is 2. The van der Waals surface area contributed by atoms with Crippen LogP contribution in [0.15, 0.2) is 29.3 Å². The molecule has 102 valence electrons. The predicted molar refractivity (Wildman–Crippen MR) is 73.5 cm³/mol. The summed E-state index contributed by atoms with van der Waals surface area (Å²) in [6.45, 7) is 0.832. The number of aromatic nitrogens is 2. The molecule has 2 rings (SSSR count). The SMILES string of the molecule is COc1ccc2c(=O)n(CCCCCO)cnc2c1. The molecule has 0 aliphatic rings. The van der Waals surface area contributed by atoms with Gasteiger partial charge in [0, 0.05) is 19.2 Å². The molecule has 0 atom stereocenters. The number of ether oxygens (including phenoxy) is 1. The molecule has 0 radical (unpaired) electrons. The molecule has 0 unspecified atom stereocenters. The molecule has 0 amide bonds. The van der Waals surface area contributed by atoms with Crippen LogP contribution in [0.2, 0.25) is 0 Å². The lowest BCUT2D eigenvalue weighted by molar-refractivity contribution is 0.281. The molecule has 1 N–H and O–H groups in total. The average Bonchev–Trinajstić information content (AvgIpc) is 2.45. The van der Waals surface area contributed by atoms with E-state index in [0.717, 1.165) is 19.3 Å². The van der Waals surface area contributed by atoms with E-state index in [2.05, 4.69) is 4.98 Å². The van der Waals surface area contributed by atoms with Crippen molar-refractivity contribution in [3.05, 3.63) is 34.9 Å². The topological polar surface area (TPSA) is 64.3 Å². The van der Waals surface area contributed by atoms with Gasteiger partial charge in [-0.25, -0.2) is 4.98 Å². The Morgan fingerprint density at radius 1 is 1.32 bits per heavy atom. The maximum Gasteiger partial charge on any atom is 0.261 e. The van der Waals surface area contributed by atoms with Crippen LogP contribution in [0.4, 0.5) is 0 Å². The van der Waals surface area contributed by atoms with Gasteiger partial charge < -0.3 is 9.84 Å². The molecule has 1 heterocycles. The van der Waals surface area contributed by atoms with Gasteiger partial charge in [-0.1, -0.05) is 0 Å². The van der Waals surface area contributed by atoms with Crippen LogP contribution >= 0.6 is 0 Å². The molecule has 0 aliphatic carbocycles. The standard InChI is InChI=1S/C14H18N2O3/c1-19-11-5-6-12-13(9-11)15-10-16(14(12)18)7-3-2-4-8-17/h5-6,9-10,17H,2-4,7-8H2,1H3. The molecule has 5 heteroatoms. The molecule has 1 aromatic heterocycles. The fourth-order valence-electron chi connectivity index (χ4n) is 2.00. The minimum absolute atomic E-state index is 0.0309. The van der Waals surface area contributed by atoms with Crippen molar-refractivity contribution in [2.24, 2.45) is 0 Å². The highest BCUT2D eigenvalue weighted by atomic mass is 16.5. The summed E-state index contributed by atoms with van der Waals surface area (Å²) in [5, 5.41) is 9.32. The lowest BCUT2D eigenvalue weighted by Crippen LogP contribution is -2.20. The Kier molecular flexibility index (Phi) is 4.52. The maximum absolute atomic E-state index is 12.2. The number of hydrogen-bond acceptors (Lipinski definition) is 4. The number of aryl methyl sites for hydroxylation is 1. The van der Waals surface area contributed by atoms with Gasteiger partial charge in [0.2, 0.25) is 0 Å². The van der Waals surface area contributed by atoms with Crippen molar-refractivity contribution in [1.82, 2.24) is 9.55 Å². The van der Waals surface area contributed by atoms with Crippen LogP contribution in [0.1, 0.15) is 19.3 Å². The van der Waals surface area contributed by atoms with E-state index in [9.17, 15) is 4.79 Å². The second-order valence-electron chi connectivity index (χ2n) is 4.41. The lowest BCUT2D eigenvalue weighted by atomic mass is 10.2. The molecular weight excluding hydrogens is 244 g/mol. The highest BCUT2D eigenvalue weighted by Crippen LogP contribution is 2.15. The fourth-order valence-corrected chi connectivity index (χ4v) is 2.00. The van der Waals surface area contributed by atoms with Gasteiger partial charge in [0.15, 0.2) is 0 Å². The van der Waals surface area contributed by atoms with E-state index >= 15 is 0 Å². The first-order valence-corrected chi connectivity index (χ1v) is 6.40. The zero-order valence-electron chi connectivity index (χ0n) is 11.0. The van der Waals surface area contributed by atoms with Gasteiger partial charge >= 0.3 is 0 Å². The van der Waals surface area contributed by atoms with Crippen LogP contribution in [-0.4, -0.2) is 28.4 Å². The number of aliphatic hydroxyl groups excluding tert-OH is 1. The van der Waals surface area contributed by atoms with Gasteiger partial charge in [-0.15, -0.1) is 0 Å². The Hall–Kier alpha value is -1.88. The third-order valence-corrected chi connectivity index (χ3v) is 3.09. The summed E-state index contributed by atoms with van der Waals surface area (Å²) in [7, 11) is 1.59. The monoisotopic (exact) mass is 262 g/mol. The van der Waals surface area contributed by atoms with Crippen LogP contribution in [0, 0.1) is 0 Å². The molecule has 1 aromatic carbocycles. The number of benzene rings is 1. The van der Waals surface area contributed by atoms with E-state index in [1.54, 1.807) is 36.2 Å². The summed E-state index contributed by atoms with van der Waals surface area (Å²) in [4.78, 5) is 16.5. The Labute approximate surface area is 111 Å². The highest BCUT2D eigenvalue weighted by Gasteiger charge is 2.05. The van der Waals surface area contributed by atoms with Gasteiger partial charge in [-0.3, -0.25) is 9.36 Å². The first-order chi connectivity index (χ1) is 9.26. The zero-order chi connectivity index (χ0) is 13.7. The van der Waals surface area contributed by atoms with E-state index in [1.165, 1.54) is 0 Å². The zero-order valence-corrected chi connectivity index (χ0v) is 11.0. The van der Waals surface area contributed by atoms with E-state index in [0.29, 0.717) is 23.2 Å². The largest absolute Gasteiger partial charge is 0.497 e. The van der Waals surface area contributed by atoms with Crippen molar-refractivity contribution in [2.75, 3.05) is 13.7 Å². The minimum atomic E-state index is -0.0309. The molecule has 0 fully saturated rings. The molecule has 0 bridgehead atoms. The lowest BCUT2D eigenvalue weighted by Gasteiger charge is -2.07. The van der Waals surface area contributed by atoms with Crippen molar-refractivity contribution in [3.63, 3.8) is 0 Å². The number of hydrogen-bond donors (Lipinski definition) is 1. The van der Waals surface area contributed by atoms with Gasteiger partial charge in [-0.05, 0) is 31.4 Å². The van der Waals surface area contributed by atoms with Crippen LogP contribution in [-0.2, 0) is 6.54 Å². The molecule has 0 saturated carbocycles. The van der Waals surface area contributed by atoms with Gasteiger partial charge in [0.05, 0.1) is 24.3 Å². The molecule has 19 heavy (non-hydrogen) atoms. The van der Waals surface area contributed by atoms with Crippen molar-refractivity contribution in [3.8, 4) is 5.75 Å². The third-order valence-electron chi connectivity index (χ3n) is 3.09. The molecule has 5 nitrogen and oxygen atoms in total.